The third-order valence-corrected chi connectivity index (χ3v) is 4.40. The van der Waals surface area contributed by atoms with Gasteiger partial charge in [0, 0.05) is 22.6 Å². The van der Waals surface area contributed by atoms with Crippen LogP contribution in [0.15, 0.2) is 28.7 Å². The van der Waals surface area contributed by atoms with Crippen LogP contribution < -0.4 is 0 Å². The number of nitrogens with one attached hydrogen (secondary N) is 1. The third-order valence-electron chi connectivity index (χ3n) is 3.87. The smallest absolute Gasteiger partial charge is 0.357 e. The van der Waals surface area contributed by atoms with Gasteiger partial charge in [-0.1, -0.05) is 28.1 Å². The number of H-pyrrole nitrogens is 1. The second-order valence-electron chi connectivity index (χ2n) is 5.49. The van der Waals surface area contributed by atoms with Crippen molar-refractivity contribution in [2.24, 2.45) is 0 Å². The molecule has 1 fully saturated rings. The minimum absolute atomic E-state index is 0.195. The zero-order chi connectivity index (χ0) is 16.2. The van der Waals surface area contributed by atoms with Gasteiger partial charge in [-0.3, -0.25) is 0 Å². The van der Waals surface area contributed by atoms with E-state index in [1.807, 2.05) is 24.3 Å². The molecule has 2 aromatic rings. The van der Waals surface area contributed by atoms with Gasteiger partial charge in [-0.25, -0.2) is 9.78 Å². The fourth-order valence-corrected chi connectivity index (χ4v) is 2.97. The zero-order valence-electron chi connectivity index (χ0n) is 13.0. The molecule has 0 saturated carbocycles. The Morgan fingerprint density at radius 2 is 2.22 bits per heavy atom. The van der Waals surface area contributed by atoms with E-state index in [0.717, 1.165) is 35.3 Å². The van der Waals surface area contributed by atoms with E-state index in [0.29, 0.717) is 24.6 Å². The molecule has 3 rings (SSSR count). The van der Waals surface area contributed by atoms with E-state index in [4.69, 9.17) is 9.47 Å². The van der Waals surface area contributed by atoms with Crippen molar-refractivity contribution in [1.29, 1.82) is 0 Å². The Bertz CT molecular complexity index is 676. The van der Waals surface area contributed by atoms with Crippen molar-refractivity contribution in [3.8, 4) is 11.3 Å². The molecule has 0 spiro atoms. The SMILES string of the molecule is CCOC(=O)c1[nH]c(C2CCCOC2)nc1-c1ccc(Br)cc1. The number of aromatic amines is 1. The highest BCUT2D eigenvalue weighted by Gasteiger charge is 2.25. The first-order valence-electron chi connectivity index (χ1n) is 7.79. The molecule has 1 aromatic heterocycles. The lowest BCUT2D eigenvalue weighted by Crippen LogP contribution is -2.16. The first-order chi connectivity index (χ1) is 11.2. The van der Waals surface area contributed by atoms with Crippen LogP contribution in [0.1, 0.15) is 42.0 Å². The average Bonchev–Trinajstić information content (AvgIpc) is 3.02. The molecule has 5 nitrogen and oxygen atoms in total. The molecule has 1 saturated heterocycles. The minimum atomic E-state index is -0.374. The largest absolute Gasteiger partial charge is 0.461 e. The minimum Gasteiger partial charge on any atom is -0.461 e. The number of ether oxygens (including phenoxy) is 2. The first-order valence-corrected chi connectivity index (χ1v) is 8.59. The number of esters is 1. The molecule has 23 heavy (non-hydrogen) atoms. The molecule has 1 aromatic carbocycles. The fraction of sp³-hybridized carbons (Fsp3) is 0.412. The Morgan fingerprint density at radius 3 is 2.87 bits per heavy atom. The summed E-state index contributed by atoms with van der Waals surface area (Å²) in [5.74, 6) is 0.618. The summed E-state index contributed by atoms with van der Waals surface area (Å²) >= 11 is 3.42. The molecular formula is C17H19BrN2O3. The summed E-state index contributed by atoms with van der Waals surface area (Å²) in [6, 6.07) is 7.74. The molecule has 2 heterocycles. The second kappa shape index (κ2) is 7.27. The molecule has 0 amide bonds. The summed E-state index contributed by atoms with van der Waals surface area (Å²) in [4.78, 5) is 20.1. The lowest BCUT2D eigenvalue weighted by molar-refractivity contribution is 0.0519. The molecule has 1 aliphatic heterocycles. The Labute approximate surface area is 143 Å². The van der Waals surface area contributed by atoms with Gasteiger partial charge in [0.25, 0.3) is 0 Å². The van der Waals surface area contributed by atoms with Crippen LogP contribution in [0.3, 0.4) is 0 Å². The van der Waals surface area contributed by atoms with Crippen LogP contribution in [0.5, 0.6) is 0 Å². The van der Waals surface area contributed by atoms with Crippen molar-refractivity contribution < 1.29 is 14.3 Å². The Balaban J connectivity index is 1.99. The average molecular weight is 379 g/mol. The maximum atomic E-state index is 12.3. The van der Waals surface area contributed by atoms with Gasteiger partial charge in [0.1, 0.15) is 11.5 Å². The number of aromatic nitrogens is 2. The van der Waals surface area contributed by atoms with Crippen molar-refractivity contribution >= 4 is 21.9 Å². The molecule has 0 bridgehead atoms. The van der Waals surface area contributed by atoms with Crippen LogP contribution in [0.25, 0.3) is 11.3 Å². The van der Waals surface area contributed by atoms with E-state index in [2.05, 4.69) is 25.9 Å². The highest BCUT2D eigenvalue weighted by atomic mass is 79.9. The molecule has 6 heteroatoms. The van der Waals surface area contributed by atoms with Crippen LogP contribution in [-0.2, 0) is 9.47 Å². The number of rotatable bonds is 4. The number of nitrogens with zero attached hydrogens (tertiary/aromatic N) is 1. The Hall–Kier alpha value is -1.66. The van der Waals surface area contributed by atoms with Crippen molar-refractivity contribution in [3.05, 3.63) is 40.3 Å². The summed E-state index contributed by atoms with van der Waals surface area (Å²) in [5.41, 5.74) is 1.93. The van der Waals surface area contributed by atoms with E-state index >= 15 is 0 Å². The molecule has 1 atom stereocenters. The van der Waals surface area contributed by atoms with E-state index in [1.165, 1.54) is 0 Å². The van der Waals surface area contributed by atoms with E-state index in [-0.39, 0.29) is 11.9 Å². The lowest BCUT2D eigenvalue weighted by atomic mass is 10.0. The van der Waals surface area contributed by atoms with Gasteiger partial charge in [-0.15, -0.1) is 0 Å². The molecule has 0 radical (unpaired) electrons. The van der Waals surface area contributed by atoms with Gasteiger partial charge in [0.05, 0.1) is 13.2 Å². The molecule has 1 unspecified atom stereocenters. The van der Waals surface area contributed by atoms with Crippen molar-refractivity contribution in [1.82, 2.24) is 9.97 Å². The number of carbonyl (C=O) groups is 1. The zero-order valence-corrected chi connectivity index (χ0v) is 14.6. The third kappa shape index (κ3) is 3.64. The van der Waals surface area contributed by atoms with Crippen LogP contribution in [0.2, 0.25) is 0 Å². The predicted octanol–water partition coefficient (Wildman–Crippen LogP) is 3.91. The van der Waals surface area contributed by atoms with Crippen LogP contribution >= 0.6 is 15.9 Å². The monoisotopic (exact) mass is 378 g/mol. The Morgan fingerprint density at radius 1 is 1.43 bits per heavy atom. The van der Waals surface area contributed by atoms with Gasteiger partial charge in [-0.2, -0.15) is 0 Å². The van der Waals surface area contributed by atoms with E-state index in [9.17, 15) is 4.79 Å². The van der Waals surface area contributed by atoms with Crippen molar-refractivity contribution in [2.75, 3.05) is 19.8 Å². The standard InChI is InChI=1S/C17H19BrN2O3/c1-2-23-17(21)15-14(11-5-7-13(18)8-6-11)19-16(20-15)12-4-3-9-22-10-12/h5-8,12H,2-4,9-10H2,1H3,(H,19,20). The van der Waals surface area contributed by atoms with Crippen molar-refractivity contribution in [2.45, 2.75) is 25.7 Å². The molecular weight excluding hydrogens is 360 g/mol. The maximum Gasteiger partial charge on any atom is 0.357 e. The van der Waals surface area contributed by atoms with Gasteiger partial charge < -0.3 is 14.5 Å². The highest BCUT2D eigenvalue weighted by Crippen LogP contribution is 2.29. The van der Waals surface area contributed by atoms with Crippen LogP contribution in [0.4, 0.5) is 0 Å². The predicted molar refractivity (Wildman–Crippen MR) is 90.5 cm³/mol. The van der Waals surface area contributed by atoms with Gasteiger partial charge in [0.2, 0.25) is 0 Å². The van der Waals surface area contributed by atoms with E-state index < -0.39 is 0 Å². The number of halogens is 1. The second-order valence-corrected chi connectivity index (χ2v) is 6.40. The maximum absolute atomic E-state index is 12.3. The first kappa shape index (κ1) is 16.2. The van der Waals surface area contributed by atoms with Gasteiger partial charge >= 0.3 is 5.97 Å². The highest BCUT2D eigenvalue weighted by molar-refractivity contribution is 9.10. The summed E-state index contributed by atoms with van der Waals surface area (Å²) in [7, 11) is 0. The lowest BCUT2D eigenvalue weighted by Gasteiger charge is -2.19. The summed E-state index contributed by atoms with van der Waals surface area (Å²) < 4.78 is 11.7. The fourth-order valence-electron chi connectivity index (χ4n) is 2.71. The number of imidazole rings is 1. The van der Waals surface area contributed by atoms with Crippen LogP contribution in [0, 0.1) is 0 Å². The van der Waals surface area contributed by atoms with Crippen LogP contribution in [-0.4, -0.2) is 35.8 Å². The number of hydrogen-bond donors (Lipinski definition) is 1. The number of carbonyl (C=O) groups excluding carboxylic acids is 1. The normalized spacial score (nSPS) is 17.9. The summed E-state index contributed by atoms with van der Waals surface area (Å²) in [6.07, 6.45) is 2.02. The number of hydrogen-bond acceptors (Lipinski definition) is 4. The van der Waals surface area contributed by atoms with Gasteiger partial charge in [0.15, 0.2) is 5.69 Å². The van der Waals surface area contributed by atoms with E-state index in [1.54, 1.807) is 6.92 Å². The molecule has 1 N–H and O–H groups in total. The number of benzene rings is 1. The van der Waals surface area contributed by atoms with Gasteiger partial charge in [-0.05, 0) is 31.9 Å². The molecule has 0 aliphatic carbocycles. The summed E-state index contributed by atoms with van der Waals surface area (Å²) in [6.45, 7) is 3.56. The Kier molecular flexibility index (Phi) is 5.13. The molecule has 1 aliphatic rings. The van der Waals surface area contributed by atoms with Crippen molar-refractivity contribution in [3.63, 3.8) is 0 Å². The topological polar surface area (TPSA) is 64.2 Å². The summed E-state index contributed by atoms with van der Waals surface area (Å²) in [5, 5.41) is 0. The molecule has 122 valence electrons. The quantitative estimate of drug-likeness (QED) is 0.819.